The molecule has 0 aliphatic rings. The zero-order valence-electron chi connectivity index (χ0n) is 17.2. The number of amides is 2. The lowest BCUT2D eigenvalue weighted by Crippen LogP contribution is -2.34. The molecule has 0 bridgehead atoms. The second kappa shape index (κ2) is 10.6. The lowest BCUT2D eigenvalue weighted by molar-refractivity contribution is -0.138. The van der Waals surface area contributed by atoms with Gasteiger partial charge in [-0.15, -0.1) is 0 Å². The first-order valence-electron chi connectivity index (χ1n) is 10.1. The van der Waals surface area contributed by atoms with Crippen LogP contribution in [0.25, 0.3) is 0 Å². The molecule has 2 amide bonds. The van der Waals surface area contributed by atoms with Gasteiger partial charge in [0.1, 0.15) is 6.54 Å². The Hall–Kier alpha value is -3.61. The van der Waals surface area contributed by atoms with E-state index in [4.69, 9.17) is 0 Å². The molecule has 4 nitrogen and oxygen atoms in total. The van der Waals surface area contributed by atoms with E-state index in [9.17, 15) is 22.8 Å². The van der Waals surface area contributed by atoms with Crippen LogP contribution in [0.15, 0.2) is 84.9 Å². The molecule has 0 fully saturated rings. The van der Waals surface area contributed by atoms with Crippen molar-refractivity contribution in [3.8, 4) is 0 Å². The summed E-state index contributed by atoms with van der Waals surface area (Å²) in [4.78, 5) is 24.4. The van der Waals surface area contributed by atoms with Crippen LogP contribution in [-0.4, -0.2) is 24.5 Å². The van der Waals surface area contributed by atoms with Gasteiger partial charge >= 0.3 is 6.18 Å². The maximum Gasteiger partial charge on any atom is 0.405 e. The van der Waals surface area contributed by atoms with Crippen LogP contribution in [0.4, 0.5) is 18.9 Å². The molecule has 3 aromatic carbocycles. The maximum absolute atomic E-state index is 12.7. The van der Waals surface area contributed by atoms with Crippen LogP contribution in [-0.2, 0) is 16.0 Å². The van der Waals surface area contributed by atoms with E-state index in [1.165, 1.54) is 0 Å². The molecule has 3 rings (SSSR count). The Labute approximate surface area is 184 Å². The number of anilines is 1. The number of hydrogen-bond acceptors (Lipinski definition) is 2. The van der Waals surface area contributed by atoms with E-state index in [-0.39, 0.29) is 24.7 Å². The van der Waals surface area contributed by atoms with E-state index in [1.807, 2.05) is 66.0 Å². The minimum atomic E-state index is -4.44. The first kappa shape index (κ1) is 23.1. The number of rotatable bonds is 8. The summed E-state index contributed by atoms with van der Waals surface area (Å²) in [6.07, 6.45) is -4.37. The molecule has 0 heterocycles. The summed E-state index contributed by atoms with van der Waals surface area (Å²) in [6, 6.07) is 26.0. The Balaban J connectivity index is 1.60. The number of carbonyl (C=O) groups is 2. The molecule has 0 saturated carbocycles. The Morgan fingerprint density at radius 2 is 1.28 bits per heavy atom. The highest BCUT2D eigenvalue weighted by Gasteiger charge is 2.27. The maximum atomic E-state index is 12.7. The number of halogens is 3. The van der Waals surface area contributed by atoms with Gasteiger partial charge in [-0.2, -0.15) is 13.2 Å². The van der Waals surface area contributed by atoms with Crippen LogP contribution in [0.2, 0.25) is 0 Å². The van der Waals surface area contributed by atoms with Crippen LogP contribution in [0.5, 0.6) is 0 Å². The van der Waals surface area contributed by atoms with Gasteiger partial charge in [-0.3, -0.25) is 9.59 Å². The molecule has 0 unspecified atom stereocenters. The second-order valence-electron chi connectivity index (χ2n) is 7.39. The summed E-state index contributed by atoms with van der Waals surface area (Å²) in [5.74, 6) is -0.986. The summed E-state index contributed by atoms with van der Waals surface area (Å²) in [5.41, 5.74) is 3.17. The third-order valence-corrected chi connectivity index (χ3v) is 4.88. The fourth-order valence-electron chi connectivity index (χ4n) is 3.35. The molecule has 166 valence electrons. The number of hydrogen-bond donors (Lipinski definition) is 2. The summed E-state index contributed by atoms with van der Waals surface area (Å²) in [6.45, 7) is -1.36. The lowest BCUT2D eigenvalue weighted by Gasteiger charge is -2.18. The monoisotopic (exact) mass is 440 g/mol. The SMILES string of the molecule is O=C(Cc1ccc(NC(=O)CC(c2ccccc2)c2ccccc2)cc1)NCC(F)(F)F. The summed E-state index contributed by atoms with van der Waals surface area (Å²) in [5, 5.41) is 4.69. The van der Waals surface area contributed by atoms with Crippen molar-refractivity contribution in [3.05, 3.63) is 102 Å². The molecule has 0 atom stereocenters. The molecular formula is C25H23F3N2O2. The van der Waals surface area contributed by atoms with Gasteiger partial charge < -0.3 is 10.6 Å². The van der Waals surface area contributed by atoms with Gasteiger partial charge in [-0.1, -0.05) is 72.8 Å². The summed E-state index contributed by atoms with van der Waals surface area (Å²) in [7, 11) is 0. The second-order valence-corrected chi connectivity index (χ2v) is 7.39. The molecule has 0 aliphatic carbocycles. The Morgan fingerprint density at radius 3 is 1.78 bits per heavy atom. The van der Waals surface area contributed by atoms with Crippen LogP contribution >= 0.6 is 0 Å². The van der Waals surface area contributed by atoms with Crippen LogP contribution in [0, 0.1) is 0 Å². The minimum absolute atomic E-state index is 0.103. The predicted molar refractivity (Wildman–Crippen MR) is 117 cm³/mol. The van der Waals surface area contributed by atoms with Crippen LogP contribution in [0.1, 0.15) is 29.0 Å². The largest absolute Gasteiger partial charge is 0.405 e. The highest BCUT2D eigenvalue weighted by molar-refractivity contribution is 5.91. The van der Waals surface area contributed by atoms with Gasteiger partial charge in [0.2, 0.25) is 11.8 Å². The Bertz CT molecular complexity index is 981. The topological polar surface area (TPSA) is 58.2 Å². The Kier molecular flexibility index (Phi) is 7.65. The first-order chi connectivity index (χ1) is 15.3. The van der Waals surface area contributed by atoms with Gasteiger partial charge in [-0.25, -0.2) is 0 Å². The molecule has 0 saturated heterocycles. The van der Waals surface area contributed by atoms with Crippen molar-refractivity contribution in [1.82, 2.24) is 5.32 Å². The average molecular weight is 440 g/mol. The zero-order chi connectivity index (χ0) is 23.0. The van der Waals surface area contributed by atoms with E-state index in [2.05, 4.69) is 5.32 Å². The van der Waals surface area contributed by atoms with Crippen LogP contribution in [0.3, 0.4) is 0 Å². The average Bonchev–Trinajstić information content (AvgIpc) is 2.78. The van der Waals surface area contributed by atoms with Gasteiger partial charge in [-0.05, 0) is 28.8 Å². The number of nitrogens with one attached hydrogen (secondary N) is 2. The van der Waals surface area contributed by atoms with Crippen LogP contribution < -0.4 is 10.6 Å². The van der Waals surface area contributed by atoms with Crippen molar-refractivity contribution in [2.45, 2.75) is 24.9 Å². The highest BCUT2D eigenvalue weighted by atomic mass is 19.4. The smallest absolute Gasteiger partial charge is 0.347 e. The Morgan fingerprint density at radius 1 is 0.750 bits per heavy atom. The number of carbonyl (C=O) groups excluding carboxylic acids is 2. The third-order valence-electron chi connectivity index (χ3n) is 4.88. The minimum Gasteiger partial charge on any atom is -0.347 e. The summed E-state index contributed by atoms with van der Waals surface area (Å²) < 4.78 is 36.5. The molecule has 7 heteroatoms. The molecule has 0 aliphatic heterocycles. The molecule has 0 aromatic heterocycles. The molecular weight excluding hydrogens is 417 g/mol. The summed E-state index contributed by atoms with van der Waals surface area (Å²) >= 11 is 0. The fourth-order valence-corrected chi connectivity index (χ4v) is 3.35. The standard InChI is InChI=1S/C25H23F3N2O2/c26-25(27,28)17-29-23(31)15-18-11-13-21(14-12-18)30-24(32)16-22(19-7-3-1-4-8-19)20-9-5-2-6-10-20/h1-14,22H,15-17H2,(H,29,31)(H,30,32). The fraction of sp³-hybridized carbons (Fsp3) is 0.200. The van der Waals surface area contributed by atoms with Crippen molar-refractivity contribution in [3.63, 3.8) is 0 Å². The van der Waals surface area contributed by atoms with Gasteiger partial charge in [0, 0.05) is 18.0 Å². The molecule has 32 heavy (non-hydrogen) atoms. The van der Waals surface area contributed by atoms with E-state index in [0.29, 0.717) is 11.3 Å². The zero-order valence-corrected chi connectivity index (χ0v) is 17.2. The van der Waals surface area contributed by atoms with Crippen molar-refractivity contribution >= 4 is 17.5 Å². The number of benzene rings is 3. The van der Waals surface area contributed by atoms with Gasteiger partial charge in [0.15, 0.2) is 0 Å². The first-order valence-corrected chi connectivity index (χ1v) is 10.1. The van der Waals surface area contributed by atoms with Crippen molar-refractivity contribution in [2.24, 2.45) is 0 Å². The normalized spacial score (nSPS) is 11.2. The predicted octanol–water partition coefficient (Wildman–Crippen LogP) is 5.07. The highest BCUT2D eigenvalue weighted by Crippen LogP contribution is 2.28. The van der Waals surface area contributed by atoms with E-state index in [0.717, 1.165) is 11.1 Å². The third kappa shape index (κ3) is 7.27. The lowest BCUT2D eigenvalue weighted by atomic mass is 9.88. The van der Waals surface area contributed by atoms with Crippen molar-refractivity contribution in [1.29, 1.82) is 0 Å². The molecule has 3 aromatic rings. The van der Waals surface area contributed by atoms with E-state index < -0.39 is 18.6 Å². The molecule has 0 spiro atoms. The quantitative estimate of drug-likeness (QED) is 0.514. The number of alkyl halides is 3. The molecule has 2 N–H and O–H groups in total. The molecule has 0 radical (unpaired) electrons. The van der Waals surface area contributed by atoms with Crippen molar-refractivity contribution in [2.75, 3.05) is 11.9 Å². The van der Waals surface area contributed by atoms with E-state index in [1.54, 1.807) is 24.3 Å². The van der Waals surface area contributed by atoms with Gasteiger partial charge in [0.05, 0.1) is 6.42 Å². The van der Waals surface area contributed by atoms with Gasteiger partial charge in [0.25, 0.3) is 0 Å². The van der Waals surface area contributed by atoms with E-state index >= 15 is 0 Å². The van der Waals surface area contributed by atoms with Crippen molar-refractivity contribution < 1.29 is 22.8 Å².